The summed E-state index contributed by atoms with van der Waals surface area (Å²) in [4.78, 5) is 43.2. The third-order valence-corrected chi connectivity index (χ3v) is 7.06. The molecule has 8 heteroatoms. The first-order valence-corrected chi connectivity index (χ1v) is 12.1. The Morgan fingerprint density at radius 3 is 2.49 bits per heavy atom. The predicted octanol–water partition coefficient (Wildman–Crippen LogP) is 3.52. The zero-order chi connectivity index (χ0) is 25.2. The molecule has 2 saturated heterocycles. The molecule has 0 aromatic heterocycles. The lowest BCUT2D eigenvalue weighted by atomic mass is 9.95. The third kappa shape index (κ3) is 4.93. The molecule has 2 aromatic rings. The second kappa shape index (κ2) is 10.2. The van der Waals surface area contributed by atoms with Gasteiger partial charge in [0.05, 0.1) is 6.61 Å². The van der Waals surface area contributed by atoms with Gasteiger partial charge in [0.15, 0.2) is 0 Å². The highest BCUT2D eigenvalue weighted by atomic mass is 19.1. The Bertz CT molecular complexity index is 1110. The molecule has 2 unspecified atom stereocenters. The molecule has 2 atom stereocenters. The first kappa shape index (κ1) is 24.9. The molecular formula is C27H32FN3O4. The molecule has 2 aliphatic rings. The summed E-state index contributed by atoms with van der Waals surface area (Å²) in [6, 6.07) is 12.1. The Hall–Kier alpha value is -3.26. The number of hydrogen-bond donors (Lipinski definition) is 1. The van der Waals surface area contributed by atoms with Crippen molar-refractivity contribution in [2.24, 2.45) is 0 Å². The molecule has 0 saturated carbocycles. The van der Waals surface area contributed by atoms with Gasteiger partial charge in [0.25, 0.3) is 11.8 Å². The molecule has 1 spiro atoms. The van der Waals surface area contributed by atoms with Crippen LogP contribution in [-0.2, 0) is 9.53 Å². The van der Waals surface area contributed by atoms with Crippen molar-refractivity contribution in [2.75, 3.05) is 19.7 Å². The number of carbonyl (C=O) groups is 3. The van der Waals surface area contributed by atoms with Crippen molar-refractivity contribution in [1.82, 2.24) is 15.1 Å². The van der Waals surface area contributed by atoms with Crippen LogP contribution in [0, 0.1) is 12.7 Å². The van der Waals surface area contributed by atoms with Crippen LogP contribution in [0.2, 0.25) is 0 Å². The minimum Gasteiger partial charge on any atom is -0.353 e. The molecule has 186 valence electrons. The third-order valence-electron chi connectivity index (χ3n) is 7.06. The van der Waals surface area contributed by atoms with Crippen LogP contribution in [0.25, 0.3) is 0 Å². The Morgan fingerprint density at radius 2 is 1.83 bits per heavy atom. The van der Waals surface area contributed by atoms with Crippen molar-refractivity contribution in [2.45, 2.75) is 57.8 Å². The van der Waals surface area contributed by atoms with Crippen molar-refractivity contribution in [3.05, 3.63) is 71.0 Å². The van der Waals surface area contributed by atoms with Crippen molar-refractivity contribution in [1.29, 1.82) is 0 Å². The molecule has 35 heavy (non-hydrogen) atoms. The van der Waals surface area contributed by atoms with Crippen LogP contribution < -0.4 is 5.32 Å². The molecule has 2 aliphatic heterocycles. The maximum Gasteiger partial charge on any atom is 0.257 e. The fourth-order valence-corrected chi connectivity index (χ4v) is 4.81. The lowest BCUT2D eigenvalue weighted by molar-refractivity contribution is -0.128. The normalized spacial score (nSPS) is 20.1. The summed E-state index contributed by atoms with van der Waals surface area (Å²) < 4.78 is 19.9. The van der Waals surface area contributed by atoms with E-state index in [1.165, 1.54) is 18.2 Å². The molecule has 0 radical (unpaired) electrons. The number of aryl methyl sites for hydroxylation is 1. The molecule has 1 N–H and O–H groups in total. The first-order chi connectivity index (χ1) is 16.8. The topological polar surface area (TPSA) is 79.0 Å². The van der Waals surface area contributed by atoms with Crippen LogP contribution in [0.3, 0.4) is 0 Å². The first-order valence-electron chi connectivity index (χ1n) is 12.1. The molecule has 2 heterocycles. The number of nitrogens with zero attached hydrogens (tertiary/aromatic N) is 2. The molecule has 0 bridgehead atoms. The molecule has 4 rings (SSSR count). The smallest absolute Gasteiger partial charge is 0.257 e. The number of halogens is 1. The van der Waals surface area contributed by atoms with Gasteiger partial charge in [-0.15, -0.1) is 0 Å². The maximum absolute atomic E-state index is 13.8. The van der Waals surface area contributed by atoms with E-state index < -0.39 is 17.6 Å². The monoisotopic (exact) mass is 481 g/mol. The zero-order valence-corrected chi connectivity index (χ0v) is 20.4. The van der Waals surface area contributed by atoms with E-state index in [0.717, 1.165) is 12.0 Å². The minimum absolute atomic E-state index is 0.0276. The van der Waals surface area contributed by atoms with E-state index >= 15 is 0 Å². The number of benzene rings is 2. The molecule has 3 amide bonds. The molecule has 2 fully saturated rings. The van der Waals surface area contributed by atoms with Gasteiger partial charge in [-0.1, -0.05) is 31.2 Å². The largest absolute Gasteiger partial charge is 0.353 e. The number of hydrogen-bond acceptors (Lipinski definition) is 4. The van der Waals surface area contributed by atoms with E-state index in [9.17, 15) is 18.8 Å². The summed E-state index contributed by atoms with van der Waals surface area (Å²) in [5.41, 5.74) is 0.637. The fourth-order valence-electron chi connectivity index (χ4n) is 4.81. The summed E-state index contributed by atoms with van der Waals surface area (Å²) in [5, 5.41) is 2.99. The van der Waals surface area contributed by atoms with Gasteiger partial charge in [0.1, 0.15) is 17.6 Å². The number of nitrogens with one attached hydrogen (secondary N) is 1. The van der Waals surface area contributed by atoms with Gasteiger partial charge in [-0.2, -0.15) is 0 Å². The number of ether oxygens (including phenoxy) is 1. The van der Waals surface area contributed by atoms with E-state index in [4.69, 9.17) is 4.74 Å². The second-order valence-corrected chi connectivity index (χ2v) is 9.38. The van der Waals surface area contributed by atoms with Gasteiger partial charge in [-0.05, 0) is 50.1 Å². The van der Waals surface area contributed by atoms with Crippen LogP contribution in [0.5, 0.6) is 0 Å². The zero-order valence-electron chi connectivity index (χ0n) is 20.4. The van der Waals surface area contributed by atoms with E-state index in [0.29, 0.717) is 31.5 Å². The standard InChI is InChI=1S/C27H32FN3O4/c1-4-19(3)29-24(32)23-17-35-27(31(23)26(34)22-11-6-5-8-18(22)2)12-14-30(15-13-27)25(33)20-9-7-10-21(28)16-20/h5-11,16,19,23H,4,12-15,17H2,1-3H3,(H,29,32). The van der Waals surface area contributed by atoms with Crippen molar-refractivity contribution < 1.29 is 23.5 Å². The van der Waals surface area contributed by atoms with Crippen LogP contribution >= 0.6 is 0 Å². The Kier molecular flexibility index (Phi) is 7.21. The molecular weight excluding hydrogens is 449 g/mol. The summed E-state index contributed by atoms with van der Waals surface area (Å²) in [6.45, 7) is 6.52. The number of amides is 3. The van der Waals surface area contributed by atoms with E-state index in [2.05, 4.69) is 5.32 Å². The molecule has 0 aliphatic carbocycles. The number of rotatable bonds is 5. The van der Waals surface area contributed by atoms with Crippen molar-refractivity contribution >= 4 is 17.7 Å². The van der Waals surface area contributed by atoms with E-state index in [1.54, 1.807) is 28.0 Å². The Morgan fingerprint density at radius 1 is 1.11 bits per heavy atom. The lowest BCUT2D eigenvalue weighted by Gasteiger charge is -2.44. The number of likely N-dealkylation sites (tertiary alicyclic amines) is 1. The van der Waals surface area contributed by atoms with Crippen LogP contribution in [0.1, 0.15) is 59.4 Å². The average Bonchev–Trinajstić information content (AvgIpc) is 3.22. The summed E-state index contributed by atoms with van der Waals surface area (Å²) in [5.74, 6) is -1.22. The van der Waals surface area contributed by atoms with E-state index in [-0.39, 0.29) is 35.9 Å². The maximum atomic E-state index is 13.8. The van der Waals surface area contributed by atoms with Crippen LogP contribution in [-0.4, -0.2) is 65.0 Å². The summed E-state index contributed by atoms with van der Waals surface area (Å²) in [6.07, 6.45) is 1.49. The highest BCUT2D eigenvalue weighted by Crippen LogP contribution is 2.39. The van der Waals surface area contributed by atoms with Gasteiger partial charge < -0.3 is 15.0 Å². The van der Waals surface area contributed by atoms with Crippen molar-refractivity contribution in [3.8, 4) is 0 Å². The number of piperidine rings is 1. The minimum atomic E-state index is -0.991. The van der Waals surface area contributed by atoms with E-state index in [1.807, 2.05) is 32.9 Å². The van der Waals surface area contributed by atoms with Gasteiger partial charge in [0, 0.05) is 43.1 Å². The van der Waals surface area contributed by atoms with Crippen LogP contribution in [0.15, 0.2) is 48.5 Å². The van der Waals surface area contributed by atoms with Crippen molar-refractivity contribution in [3.63, 3.8) is 0 Å². The quantitative estimate of drug-likeness (QED) is 0.709. The number of carbonyl (C=O) groups excluding carboxylic acids is 3. The van der Waals surface area contributed by atoms with Gasteiger partial charge >= 0.3 is 0 Å². The fraction of sp³-hybridized carbons (Fsp3) is 0.444. The van der Waals surface area contributed by atoms with Crippen LogP contribution in [0.4, 0.5) is 4.39 Å². The lowest BCUT2D eigenvalue weighted by Crippen LogP contribution is -2.60. The predicted molar refractivity (Wildman–Crippen MR) is 129 cm³/mol. The second-order valence-electron chi connectivity index (χ2n) is 9.38. The average molecular weight is 482 g/mol. The molecule has 7 nitrogen and oxygen atoms in total. The van der Waals surface area contributed by atoms with Gasteiger partial charge in [-0.25, -0.2) is 4.39 Å². The van der Waals surface area contributed by atoms with Gasteiger partial charge in [0.2, 0.25) is 5.91 Å². The SMILES string of the molecule is CCC(C)NC(=O)C1COC2(CCN(C(=O)c3cccc(F)c3)CC2)N1C(=O)c1ccccc1C. The highest BCUT2D eigenvalue weighted by Gasteiger charge is 2.54. The Labute approximate surface area is 205 Å². The Balaban J connectivity index is 1.59. The summed E-state index contributed by atoms with van der Waals surface area (Å²) in [7, 11) is 0. The molecule has 2 aromatic carbocycles. The highest BCUT2D eigenvalue weighted by molar-refractivity contribution is 5.99. The van der Waals surface area contributed by atoms with Gasteiger partial charge in [-0.3, -0.25) is 19.3 Å². The summed E-state index contributed by atoms with van der Waals surface area (Å²) >= 11 is 0.